The monoisotopic (exact) mass is 420 g/mol. The molecule has 0 saturated carbocycles. The van der Waals surface area contributed by atoms with Crippen LogP contribution in [0.15, 0.2) is 41.0 Å². The highest BCUT2D eigenvalue weighted by atomic mass is 32.1. The summed E-state index contributed by atoms with van der Waals surface area (Å²) < 4.78 is 45.6. The quantitative estimate of drug-likeness (QED) is 0.459. The fourth-order valence-electron chi connectivity index (χ4n) is 2.72. The van der Waals surface area contributed by atoms with E-state index < -0.39 is 17.6 Å². The average molecular weight is 420 g/mol. The van der Waals surface area contributed by atoms with Crippen molar-refractivity contribution < 1.29 is 22.6 Å². The van der Waals surface area contributed by atoms with Gasteiger partial charge in [-0.25, -0.2) is 9.61 Å². The molecule has 8 nitrogen and oxygen atoms in total. The first kappa shape index (κ1) is 18.7. The van der Waals surface area contributed by atoms with Crippen molar-refractivity contribution in [2.45, 2.75) is 6.18 Å². The van der Waals surface area contributed by atoms with Crippen LogP contribution in [-0.2, 0) is 6.18 Å². The summed E-state index contributed by atoms with van der Waals surface area (Å²) >= 11 is 0.731. The Hall–Kier alpha value is -3.67. The summed E-state index contributed by atoms with van der Waals surface area (Å²) in [6.07, 6.45) is -4.70. The van der Waals surface area contributed by atoms with E-state index in [1.54, 1.807) is 30.3 Å². The molecular formula is C17H11F3N6O2S. The zero-order valence-electron chi connectivity index (χ0n) is 14.3. The Morgan fingerprint density at radius 3 is 2.48 bits per heavy atom. The van der Waals surface area contributed by atoms with E-state index in [2.05, 4.69) is 25.2 Å². The minimum Gasteiger partial charge on any atom is -0.397 e. The molecule has 0 radical (unpaired) electrons. The van der Waals surface area contributed by atoms with Gasteiger partial charge in [-0.3, -0.25) is 10.1 Å². The van der Waals surface area contributed by atoms with Crippen molar-refractivity contribution in [2.24, 2.45) is 0 Å². The molecule has 12 heteroatoms. The molecule has 4 aromatic rings. The Balaban J connectivity index is 1.88. The molecule has 1 amide bonds. The number of hydrogen-bond donors (Lipinski definition) is 3. The van der Waals surface area contributed by atoms with Crippen molar-refractivity contribution in [3.8, 4) is 11.3 Å². The predicted molar refractivity (Wildman–Crippen MR) is 101 cm³/mol. The van der Waals surface area contributed by atoms with E-state index in [0.717, 1.165) is 17.4 Å². The fourth-order valence-corrected chi connectivity index (χ4v) is 3.73. The van der Waals surface area contributed by atoms with Gasteiger partial charge in [-0.05, 0) is 16.4 Å². The van der Waals surface area contributed by atoms with Gasteiger partial charge in [-0.1, -0.05) is 30.3 Å². The lowest BCUT2D eigenvalue weighted by atomic mass is 10.1. The Morgan fingerprint density at radius 1 is 1.14 bits per heavy atom. The second-order valence-corrected chi connectivity index (χ2v) is 6.90. The summed E-state index contributed by atoms with van der Waals surface area (Å²) in [5, 5.41) is 8.68. The molecule has 0 aliphatic carbocycles. The topological polar surface area (TPSA) is 133 Å². The van der Waals surface area contributed by atoms with Crippen LogP contribution in [0.4, 0.5) is 30.5 Å². The van der Waals surface area contributed by atoms with Crippen molar-refractivity contribution in [2.75, 3.05) is 16.8 Å². The molecule has 1 aromatic carbocycles. The molecule has 0 bridgehead atoms. The maximum Gasteiger partial charge on any atom is 0.417 e. The number of nitrogen functional groups attached to an aromatic ring is 2. The van der Waals surface area contributed by atoms with Crippen molar-refractivity contribution in [3.05, 3.63) is 46.8 Å². The summed E-state index contributed by atoms with van der Waals surface area (Å²) in [6.45, 7) is 0. The number of anilines is 3. The number of nitrogens with two attached hydrogens (primary N) is 2. The number of halogens is 3. The fraction of sp³-hybridized carbons (Fsp3) is 0.0588. The summed E-state index contributed by atoms with van der Waals surface area (Å²) in [4.78, 5) is 16.6. The van der Waals surface area contributed by atoms with Crippen LogP contribution >= 0.6 is 11.3 Å². The van der Waals surface area contributed by atoms with Crippen LogP contribution in [0, 0.1) is 0 Å². The second-order valence-electron chi connectivity index (χ2n) is 5.90. The van der Waals surface area contributed by atoms with Crippen LogP contribution in [0.5, 0.6) is 0 Å². The van der Waals surface area contributed by atoms with Gasteiger partial charge < -0.3 is 11.5 Å². The van der Waals surface area contributed by atoms with Gasteiger partial charge >= 0.3 is 6.18 Å². The first-order valence-electron chi connectivity index (χ1n) is 8.00. The third-order valence-electron chi connectivity index (χ3n) is 4.03. The van der Waals surface area contributed by atoms with E-state index in [1.807, 2.05) is 0 Å². The lowest BCUT2D eigenvalue weighted by molar-refractivity contribution is -0.136. The summed E-state index contributed by atoms with van der Waals surface area (Å²) in [5.41, 5.74) is 10.7. The molecule has 4 rings (SSSR count). The number of amides is 1. The van der Waals surface area contributed by atoms with Crippen LogP contribution in [0.1, 0.15) is 15.2 Å². The van der Waals surface area contributed by atoms with E-state index in [9.17, 15) is 18.0 Å². The van der Waals surface area contributed by atoms with E-state index in [-0.39, 0.29) is 38.1 Å². The van der Waals surface area contributed by atoms with Crippen LogP contribution < -0.4 is 16.8 Å². The number of carbonyl (C=O) groups excluding carboxylic acids is 1. The first-order valence-corrected chi connectivity index (χ1v) is 8.82. The number of pyridine rings is 1. The molecule has 0 unspecified atom stereocenters. The number of aromatic nitrogens is 3. The summed E-state index contributed by atoms with van der Waals surface area (Å²) in [7, 11) is 0. The molecular weight excluding hydrogens is 409 g/mol. The SMILES string of the molecule is Nc1nonc1NC(=O)c1sc2nc(-c3ccccc3)cc(C(F)(F)F)c2c1N. The Morgan fingerprint density at radius 2 is 1.86 bits per heavy atom. The molecule has 0 fully saturated rings. The molecule has 5 N–H and O–H groups in total. The first-order chi connectivity index (χ1) is 13.8. The lowest BCUT2D eigenvalue weighted by Crippen LogP contribution is -2.13. The number of carbonyl (C=O) groups is 1. The van der Waals surface area contributed by atoms with Gasteiger partial charge in [0.25, 0.3) is 5.91 Å². The van der Waals surface area contributed by atoms with E-state index in [1.165, 1.54) is 0 Å². The smallest absolute Gasteiger partial charge is 0.397 e. The van der Waals surface area contributed by atoms with Gasteiger partial charge in [0.2, 0.25) is 11.6 Å². The number of thiophene rings is 1. The number of alkyl halides is 3. The molecule has 148 valence electrons. The number of rotatable bonds is 3. The zero-order valence-corrected chi connectivity index (χ0v) is 15.1. The highest BCUT2D eigenvalue weighted by Gasteiger charge is 2.36. The van der Waals surface area contributed by atoms with Crippen molar-refractivity contribution in [1.82, 2.24) is 15.3 Å². The molecule has 29 heavy (non-hydrogen) atoms. The number of nitrogens with one attached hydrogen (secondary N) is 1. The molecule has 3 aromatic heterocycles. The molecule has 0 spiro atoms. The van der Waals surface area contributed by atoms with Crippen molar-refractivity contribution in [1.29, 1.82) is 0 Å². The third kappa shape index (κ3) is 3.33. The number of hydrogen-bond acceptors (Lipinski definition) is 8. The minimum absolute atomic E-state index is 0.0208. The van der Waals surface area contributed by atoms with Crippen LogP contribution in [0.25, 0.3) is 21.5 Å². The van der Waals surface area contributed by atoms with Gasteiger partial charge in [0.05, 0.1) is 16.9 Å². The van der Waals surface area contributed by atoms with Crippen LogP contribution in [0.2, 0.25) is 0 Å². The van der Waals surface area contributed by atoms with Gasteiger partial charge in [-0.15, -0.1) is 11.3 Å². The number of benzene rings is 1. The maximum atomic E-state index is 13.7. The minimum atomic E-state index is -4.70. The van der Waals surface area contributed by atoms with Gasteiger partial charge in [-0.2, -0.15) is 13.2 Å². The maximum absolute atomic E-state index is 13.7. The highest BCUT2D eigenvalue weighted by molar-refractivity contribution is 7.21. The summed E-state index contributed by atoms with van der Waals surface area (Å²) in [5.74, 6) is -1.15. The third-order valence-corrected chi connectivity index (χ3v) is 5.12. The van der Waals surface area contributed by atoms with Gasteiger partial charge in [0.1, 0.15) is 9.71 Å². The second kappa shape index (κ2) is 6.74. The van der Waals surface area contributed by atoms with Gasteiger partial charge in [0, 0.05) is 10.9 Å². The van der Waals surface area contributed by atoms with Crippen LogP contribution in [0.3, 0.4) is 0 Å². The highest BCUT2D eigenvalue weighted by Crippen LogP contribution is 2.43. The molecule has 3 heterocycles. The standard InChI is InChI=1S/C17H11F3N6O2S/c18-17(19,20)8-6-9(7-4-2-1-3-5-7)23-16-10(8)11(21)12(29-16)15(27)24-14-13(22)25-28-26-14/h1-6H,21H2,(H2,22,25)(H,24,26,27). The molecule has 0 aliphatic heterocycles. The Bertz CT molecular complexity index is 1220. The number of nitrogens with zero attached hydrogens (tertiary/aromatic N) is 3. The van der Waals surface area contributed by atoms with E-state index in [0.29, 0.717) is 5.56 Å². The van der Waals surface area contributed by atoms with Crippen molar-refractivity contribution in [3.63, 3.8) is 0 Å². The summed E-state index contributed by atoms with van der Waals surface area (Å²) in [6, 6.07) is 9.31. The van der Waals surface area contributed by atoms with Crippen molar-refractivity contribution >= 4 is 44.8 Å². The lowest BCUT2D eigenvalue weighted by Gasteiger charge is -2.11. The van der Waals surface area contributed by atoms with E-state index in [4.69, 9.17) is 11.5 Å². The predicted octanol–water partition coefficient (Wildman–Crippen LogP) is 3.78. The van der Waals surface area contributed by atoms with Crippen LogP contribution in [-0.4, -0.2) is 21.2 Å². The van der Waals surface area contributed by atoms with Gasteiger partial charge in [0.15, 0.2) is 0 Å². The largest absolute Gasteiger partial charge is 0.417 e. The zero-order chi connectivity index (χ0) is 20.8. The molecule has 0 atom stereocenters. The van der Waals surface area contributed by atoms with E-state index >= 15 is 0 Å². The number of fused-ring (bicyclic) bond motifs is 1. The normalized spacial score (nSPS) is 11.7. The molecule has 0 aliphatic rings. The average Bonchev–Trinajstić information content (AvgIpc) is 3.24. The Labute approximate surface area is 164 Å². The Kier molecular flexibility index (Phi) is 4.34. The molecule has 0 saturated heterocycles.